The van der Waals surface area contributed by atoms with E-state index in [0.717, 1.165) is 26.1 Å². The second kappa shape index (κ2) is 6.18. The number of rotatable bonds is 5. The highest BCUT2D eigenvalue weighted by molar-refractivity contribution is 5.36. The van der Waals surface area contributed by atoms with Crippen molar-refractivity contribution in [1.82, 2.24) is 5.32 Å². The summed E-state index contributed by atoms with van der Waals surface area (Å²) in [6.45, 7) is 17.0. The van der Waals surface area contributed by atoms with Gasteiger partial charge in [-0.3, -0.25) is 0 Å². The molecular weight excluding hydrogens is 210 g/mol. The Morgan fingerprint density at radius 3 is 2.59 bits per heavy atom. The second-order valence-electron chi connectivity index (χ2n) is 5.69. The predicted octanol–water partition coefficient (Wildman–Crippen LogP) is 3.08. The summed E-state index contributed by atoms with van der Waals surface area (Å²) >= 11 is 0. The van der Waals surface area contributed by atoms with Gasteiger partial charge in [-0.05, 0) is 23.0 Å². The van der Waals surface area contributed by atoms with E-state index in [1.807, 2.05) is 12.2 Å². The van der Waals surface area contributed by atoms with Crippen LogP contribution in [0.1, 0.15) is 27.2 Å². The van der Waals surface area contributed by atoms with Gasteiger partial charge >= 0.3 is 0 Å². The molecule has 0 saturated heterocycles. The summed E-state index contributed by atoms with van der Waals surface area (Å²) < 4.78 is 5.79. The quantitative estimate of drug-likeness (QED) is 0.790. The average Bonchev–Trinajstić information content (AvgIpc) is 2.27. The number of nitrogens with one attached hydrogen (secondary N) is 1. The zero-order chi connectivity index (χ0) is 12.9. The van der Waals surface area contributed by atoms with Crippen LogP contribution in [0.2, 0.25) is 0 Å². The smallest absolute Gasteiger partial charge is 0.0951 e. The minimum atomic E-state index is 0.122. The Kier molecular flexibility index (Phi) is 5.16. The van der Waals surface area contributed by atoms with Crippen molar-refractivity contribution in [2.75, 3.05) is 19.7 Å². The van der Waals surface area contributed by atoms with Gasteiger partial charge in [0.25, 0.3) is 0 Å². The van der Waals surface area contributed by atoms with Crippen LogP contribution in [0.5, 0.6) is 0 Å². The molecule has 1 unspecified atom stereocenters. The molecule has 17 heavy (non-hydrogen) atoms. The number of hydrogen-bond donors (Lipinski definition) is 1. The summed E-state index contributed by atoms with van der Waals surface area (Å²) in [5.74, 6) is 0. The molecule has 0 aromatic carbocycles. The second-order valence-corrected chi connectivity index (χ2v) is 5.69. The van der Waals surface area contributed by atoms with Crippen molar-refractivity contribution in [3.8, 4) is 0 Å². The maximum absolute atomic E-state index is 5.79. The minimum absolute atomic E-state index is 0.122. The highest BCUT2D eigenvalue weighted by atomic mass is 16.5. The molecule has 1 rings (SSSR count). The Hall–Kier alpha value is -0.860. The first-order chi connectivity index (χ1) is 7.98. The lowest BCUT2D eigenvalue weighted by atomic mass is 9.95. The zero-order valence-electron chi connectivity index (χ0n) is 11.4. The molecule has 2 heteroatoms. The molecule has 96 valence electrons. The number of ether oxygens (including phenoxy) is 1. The molecule has 0 bridgehead atoms. The van der Waals surface area contributed by atoms with Crippen LogP contribution >= 0.6 is 0 Å². The molecule has 0 spiro atoms. The molecule has 0 aromatic heterocycles. The van der Waals surface area contributed by atoms with Gasteiger partial charge < -0.3 is 10.1 Å². The first kappa shape index (κ1) is 14.2. The van der Waals surface area contributed by atoms with Gasteiger partial charge in [0.2, 0.25) is 0 Å². The summed E-state index contributed by atoms with van der Waals surface area (Å²) in [6.07, 6.45) is 4.90. The van der Waals surface area contributed by atoms with Crippen molar-refractivity contribution in [2.45, 2.75) is 33.3 Å². The maximum atomic E-state index is 5.79. The highest BCUT2D eigenvalue weighted by Crippen LogP contribution is 2.23. The summed E-state index contributed by atoms with van der Waals surface area (Å²) in [5.41, 5.74) is 2.76. The monoisotopic (exact) mass is 235 g/mol. The van der Waals surface area contributed by atoms with Crippen LogP contribution in [0.25, 0.3) is 0 Å². The average molecular weight is 235 g/mol. The summed E-state index contributed by atoms with van der Waals surface area (Å²) in [7, 11) is 0. The lowest BCUT2D eigenvalue weighted by Gasteiger charge is -2.28. The molecule has 0 aliphatic carbocycles. The SMILES string of the molecule is C=CC1=C(C=C)C(CNCC(C)(C)C)OCC1. The van der Waals surface area contributed by atoms with E-state index < -0.39 is 0 Å². The third kappa shape index (κ3) is 4.49. The van der Waals surface area contributed by atoms with Crippen molar-refractivity contribution < 1.29 is 4.74 Å². The molecule has 1 N–H and O–H groups in total. The van der Waals surface area contributed by atoms with Crippen LogP contribution in [0.15, 0.2) is 36.5 Å². The number of hydrogen-bond acceptors (Lipinski definition) is 2. The Morgan fingerprint density at radius 1 is 1.35 bits per heavy atom. The third-order valence-electron chi connectivity index (χ3n) is 2.86. The van der Waals surface area contributed by atoms with Crippen LogP contribution in [0.3, 0.4) is 0 Å². The molecule has 1 heterocycles. The summed E-state index contributed by atoms with van der Waals surface area (Å²) in [6, 6.07) is 0. The first-order valence-electron chi connectivity index (χ1n) is 6.28. The Morgan fingerprint density at radius 2 is 2.06 bits per heavy atom. The maximum Gasteiger partial charge on any atom is 0.0951 e. The van der Waals surface area contributed by atoms with Crippen molar-refractivity contribution in [3.05, 3.63) is 36.5 Å². The third-order valence-corrected chi connectivity index (χ3v) is 2.86. The lowest BCUT2D eigenvalue weighted by molar-refractivity contribution is 0.0696. The van der Waals surface area contributed by atoms with Crippen molar-refractivity contribution in [1.29, 1.82) is 0 Å². The molecule has 0 radical (unpaired) electrons. The Bertz CT molecular complexity index is 309. The van der Waals surface area contributed by atoms with E-state index in [1.165, 1.54) is 11.1 Å². The van der Waals surface area contributed by atoms with Gasteiger partial charge in [-0.15, -0.1) is 0 Å². The van der Waals surface area contributed by atoms with E-state index in [4.69, 9.17) is 4.74 Å². The molecular formula is C15H25NO. The molecule has 2 nitrogen and oxygen atoms in total. The van der Waals surface area contributed by atoms with E-state index in [1.54, 1.807) is 0 Å². The lowest BCUT2D eigenvalue weighted by Crippen LogP contribution is -2.37. The van der Waals surface area contributed by atoms with Crippen molar-refractivity contribution in [2.24, 2.45) is 5.41 Å². The minimum Gasteiger partial charge on any atom is -0.372 e. The highest BCUT2D eigenvalue weighted by Gasteiger charge is 2.20. The molecule has 0 saturated carbocycles. The van der Waals surface area contributed by atoms with Crippen LogP contribution in [0.4, 0.5) is 0 Å². The van der Waals surface area contributed by atoms with Gasteiger partial charge in [-0.1, -0.05) is 46.1 Å². The van der Waals surface area contributed by atoms with E-state index in [0.29, 0.717) is 5.41 Å². The fraction of sp³-hybridized carbons (Fsp3) is 0.600. The van der Waals surface area contributed by atoms with E-state index in [2.05, 4.69) is 39.2 Å². The van der Waals surface area contributed by atoms with Gasteiger partial charge in [0.05, 0.1) is 12.7 Å². The largest absolute Gasteiger partial charge is 0.372 e. The summed E-state index contributed by atoms with van der Waals surface area (Å²) in [5, 5.41) is 3.46. The van der Waals surface area contributed by atoms with Gasteiger partial charge in [0, 0.05) is 13.1 Å². The van der Waals surface area contributed by atoms with Crippen LogP contribution < -0.4 is 5.32 Å². The molecule has 1 aliphatic heterocycles. The molecule has 1 atom stereocenters. The zero-order valence-corrected chi connectivity index (χ0v) is 11.4. The Balaban J connectivity index is 2.58. The van der Waals surface area contributed by atoms with E-state index in [9.17, 15) is 0 Å². The van der Waals surface area contributed by atoms with Gasteiger partial charge in [-0.25, -0.2) is 0 Å². The molecule has 0 aromatic rings. The van der Waals surface area contributed by atoms with E-state index in [-0.39, 0.29) is 6.10 Å². The van der Waals surface area contributed by atoms with Gasteiger partial charge in [0.1, 0.15) is 0 Å². The van der Waals surface area contributed by atoms with Gasteiger partial charge in [-0.2, -0.15) is 0 Å². The topological polar surface area (TPSA) is 21.3 Å². The number of allylic oxidation sites excluding steroid dienone is 1. The van der Waals surface area contributed by atoms with E-state index >= 15 is 0 Å². The van der Waals surface area contributed by atoms with Crippen LogP contribution in [0, 0.1) is 5.41 Å². The van der Waals surface area contributed by atoms with Crippen LogP contribution in [-0.4, -0.2) is 25.8 Å². The van der Waals surface area contributed by atoms with Crippen molar-refractivity contribution >= 4 is 0 Å². The van der Waals surface area contributed by atoms with Gasteiger partial charge in [0.15, 0.2) is 0 Å². The van der Waals surface area contributed by atoms with Crippen molar-refractivity contribution in [3.63, 3.8) is 0 Å². The fourth-order valence-corrected chi connectivity index (χ4v) is 1.98. The Labute approximate surface area is 105 Å². The first-order valence-corrected chi connectivity index (χ1v) is 6.28. The molecule has 0 fully saturated rings. The standard InChI is InChI=1S/C15H25NO/c1-6-12-8-9-17-14(13(12)7-2)10-16-11-15(3,4)5/h6-7,14,16H,1-2,8-11H2,3-5H3. The fourth-order valence-electron chi connectivity index (χ4n) is 1.98. The normalized spacial score (nSPS) is 21.5. The molecule has 1 aliphatic rings. The summed E-state index contributed by atoms with van der Waals surface area (Å²) in [4.78, 5) is 0. The predicted molar refractivity (Wildman–Crippen MR) is 74.1 cm³/mol. The molecule has 0 amide bonds. The van der Waals surface area contributed by atoms with Crippen LogP contribution in [-0.2, 0) is 4.74 Å².